The zero-order valence-corrected chi connectivity index (χ0v) is 19.9. The van der Waals surface area contributed by atoms with Gasteiger partial charge in [0, 0.05) is 48.9 Å². The van der Waals surface area contributed by atoms with E-state index < -0.39 is 23.7 Å². The lowest BCUT2D eigenvalue weighted by Gasteiger charge is -2.35. The first-order valence-corrected chi connectivity index (χ1v) is 12.3. The quantitative estimate of drug-likeness (QED) is 0.384. The predicted molar refractivity (Wildman–Crippen MR) is 128 cm³/mol. The van der Waals surface area contributed by atoms with Gasteiger partial charge >= 0.3 is 0 Å². The van der Waals surface area contributed by atoms with E-state index in [-0.39, 0.29) is 30.7 Å². The van der Waals surface area contributed by atoms with Gasteiger partial charge in [-0.05, 0) is 49.7 Å². The molecule has 11 nitrogen and oxygen atoms in total. The van der Waals surface area contributed by atoms with Crippen molar-refractivity contribution in [3.05, 3.63) is 40.3 Å². The third-order valence-electron chi connectivity index (χ3n) is 7.84. The molecule has 4 fully saturated rings. The molecule has 0 aromatic heterocycles. The third kappa shape index (κ3) is 4.35. The number of ether oxygens (including phenoxy) is 1. The van der Waals surface area contributed by atoms with Crippen LogP contribution in [0.1, 0.15) is 36.0 Å². The minimum Gasteiger partial charge on any atom is -0.369 e. The molecule has 1 aromatic carbocycles. The summed E-state index contributed by atoms with van der Waals surface area (Å²) in [6, 6.07) is 6.12. The fourth-order valence-electron chi connectivity index (χ4n) is 5.83. The smallest absolute Gasteiger partial charge is 0.252 e. The molecule has 0 bridgehead atoms. The number of hydrogen-bond donors (Lipinski definition) is 1. The number of Topliss-reactive ketones (excluding diaryl/α,β-unsaturated/α-hetero) is 1. The number of carbonyl (C=O) groups excluding carboxylic acids is 3. The van der Waals surface area contributed by atoms with Crippen molar-refractivity contribution >= 4 is 23.3 Å². The Balaban J connectivity index is 1.32. The second-order valence-corrected chi connectivity index (χ2v) is 10.00. The molecule has 1 saturated carbocycles. The van der Waals surface area contributed by atoms with Crippen LogP contribution in [0.2, 0.25) is 0 Å². The van der Waals surface area contributed by atoms with Gasteiger partial charge in [-0.1, -0.05) is 18.0 Å². The molecule has 1 aliphatic carbocycles. The highest BCUT2D eigenvalue weighted by Gasteiger charge is 2.56. The van der Waals surface area contributed by atoms with Gasteiger partial charge in [-0.2, -0.15) is 0 Å². The number of nitrogens with one attached hydrogen (secondary N) is 1. The maximum absolute atomic E-state index is 13.8. The van der Waals surface area contributed by atoms with E-state index in [0.29, 0.717) is 18.4 Å². The minimum atomic E-state index is -1.08. The van der Waals surface area contributed by atoms with E-state index in [4.69, 9.17) is 10.3 Å². The van der Waals surface area contributed by atoms with E-state index in [1.165, 1.54) is 4.90 Å². The van der Waals surface area contributed by atoms with Crippen LogP contribution in [0.4, 0.5) is 5.69 Å². The van der Waals surface area contributed by atoms with E-state index in [2.05, 4.69) is 32.2 Å². The maximum atomic E-state index is 13.8. The average molecular weight is 482 g/mol. The summed E-state index contributed by atoms with van der Waals surface area (Å²) >= 11 is 0. The number of amides is 2. The molecule has 3 saturated heterocycles. The number of ketones is 1. The number of rotatable bonds is 5. The lowest BCUT2D eigenvalue weighted by molar-refractivity contribution is -0.142. The van der Waals surface area contributed by atoms with Crippen LogP contribution in [-0.4, -0.2) is 97.5 Å². The van der Waals surface area contributed by atoms with Crippen LogP contribution in [0.15, 0.2) is 29.4 Å². The highest BCUT2D eigenvalue weighted by atomic mass is 16.5. The summed E-state index contributed by atoms with van der Waals surface area (Å²) in [5.74, 6) is -0.790. The number of benzene rings is 1. The van der Waals surface area contributed by atoms with Crippen LogP contribution < -0.4 is 10.2 Å². The van der Waals surface area contributed by atoms with Crippen molar-refractivity contribution in [3.63, 3.8) is 0 Å². The predicted octanol–water partition coefficient (Wildman–Crippen LogP) is 1.34. The largest absolute Gasteiger partial charge is 0.369 e. The standard InChI is InChI=1S/C24H31N7O4/c1-29-10-12-30(13-11-29)17-6-4-16(5-7-17)22(33)26-24(8-2-3-9-24)23(34)31-14-18(27-28-25)21-20(31)19(32)15-35-21/h4-7,18,20-21H,2-3,8-15H2,1H3,(H,26,33)/t18-,20+,21+/m0/s1. The molecule has 186 valence electrons. The van der Waals surface area contributed by atoms with E-state index >= 15 is 0 Å². The van der Waals surface area contributed by atoms with Crippen molar-refractivity contribution in [1.29, 1.82) is 0 Å². The fourth-order valence-corrected chi connectivity index (χ4v) is 5.83. The number of anilines is 1. The molecule has 11 heteroatoms. The summed E-state index contributed by atoms with van der Waals surface area (Å²) in [6.45, 7) is 3.89. The minimum absolute atomic E-state index is 0.102. The van der Waals surface area contributed by atoms with Gasteiger partial charge in [0.25, 0.3) is 5.91 Å². The summed E-state index contributed by atoms with van der Waals surface area (Å²) < 4.78 is 5.55. The maximum Gasteiger partial charge on any atom is 0.252 e. The number of likely N-dealkylation sites (N-methyl/N-ethyl adjacent to an activating group) is 1. The van der Waals surface area contributed by atoms with Gasteiger partial charge in [-0.3, -0.25) is 14.4 Å². The molecule has 0 radical (unpaired) electrons. The van der Waals surface area contributed by atoms with Gasteiger partial charge in [0.2, 0.25) is 5.91 Å². The molecule has 2 amide bonds. The topological polar surface area (TPSA) is 131 Å². The highest BCUT2D eigenvalue weighted by Crippen LogP contribution is 2.37. The zero-order valence-electron chi connectivity index (χ0n) is 19.9. The number of carbonyl (C=O) groups is 3. The number of fused-ring (bicyclic) bond motifs is 1. The van der Waals surface area contributed by atoms with Gasteiger partial charge in [0.1, 0.15) is 18.2 Å². The molecule has 5 rings (SSSR count). The van der Waals surface area contributed by atoms with Crippen LogP contribution in [0.3, 0.4) is 0 Å². The highest BCUT2D eigenvalue weighted by molar-refractivity contribution is 6.01. The van der Waals surface area contributed by atoms with E-state index in [0.717, 1.165) is 44.7 Å². The number of hydrogen-bond acceptors (Lipinski definition) is 7. The Bertz CT molecular complexity index is 1040. The van der Waals surface area contributed by atoms with Crippen LogP contribution in [0, 0.1) is 0 Å². The number of likely N-dealkylation sites (tertiary alicyclic amines) is 1. The molecular weight excluding hydrogens is 450 g/mol. The van der Waals surface area contributed by atoms with Gasteiger partial charge in [0.15, 0.2) is 5.78 Å². The van der Waals surface area contributed by atoms with Crippen molar-refractivity contribution in [2.45, 2.75) is 49.4 Å². The molecule has 35 heavy (non-hydrogen) atoms. The SMILES string of the molecule is CN1CCN(c2ccc(C(=O)NC3(C(=O)N4C[C@H](N=[N+]=[N-])[C@H]5OCC(=O)[C@H]54)CCCC3)cc2)CC1. The van der Waals surface area contributed by atoms with E-state index in [1.807, 2.05) is 12.1 Å². The Labute approximate surface area is 204 Å². The monoisotopic (exact) mass is 481 g/mol. The normalized spacial score (nSPS) is 28.0. The first kappa shape index (κ1) is 23.6. The van der Waals surface area contributed by atoms with Gasteiger partial charge in [-0.25, -0.2) is 0 Å². The summed E-state index contributed by atoms with van der Waals surface area (Å²) in [6.07, 6.45) is 2.00. The van der Waals surface area contributed by atoms with Gasteiger partial charge < -0.3 is 24.8 Å². The molecule has 3 atom stereocenters. The first-order chi connectivity index (χ1) is 16.9. The Morgan fingerprint density at radius 3 is 2.49 bits per heavy atom. The van der Waals surface area contributed by atoms with Gasteiger partial charge in [-0.15, -0.1) is 0 Å². The lowest BCUT2D eigenvalue weighted by atomic mass is 9.93. The first-order valence-electron chi connectivity index (χ1n) is 12.3. The van der Waals surface area contributed by atoms with Crippen LogP contribution in [-0.2, 0) is 14.3 Å². The third-order valence-corrected chi connectivity index (χ3v) is 7.84. The summed E-state index contributed by atoms with van der Waals surface area (Å²) in [4.78, 5) is 48.5. The number of azide groups is 1. The molecule has 1 N–H and O–H groups in total. The average Bonchev–Trinajstić information content (AvgIpc) is 3.58. The Morgan fingerprint density at radius 1 is 1.14 bits per heavy atom. The van der Waals surface area contributed by atoms with E-state index in [1.54, 1.807) is 12.1 Å². The molecule has 4 aliphatic rings. The second-order valence-electron chi connectivity index (χ2n) is 10.00. The fraction of sp³-hybridized carbons (Fsp3) is 0.625. The zero-order chi connectivity index (χ0) is 24.6. The molecule has 3 aliphatic heterocycles. The van der Waals surface area contributed by atoms with Crippen molar-refractivity contribution in [3.8, 4) is 0 Å². The van der Waals surface area contributed by atoms with Gasteiger partial charge in [0.05, 0.1) is 12.1 Å². The molecule has 1 aromatic rings. The summed E-state index contributed by atoms with van der Waals surface area (Å²) in [7, 11) is 2.11. The summed E-state index contributed by atoms with van der Waals surface area (Å²) in [5.41, 5.74) is 9.40. The van der Waals surface area contributed by atoms with Crippen molar-refractivity contribution in [1.82, 2.24) is 15.1 Å². The van der Waals surface area contributed by atoms with Crippen molar-refractivity contribution in [2.24, 2.45) is 5.11 Å². The van der Waals surface area contributed by atoms with E-state index in [9.17, 15) is 14.4 Å². The Kier molecular flexibility index (Phi) is 6.39. The van der Waals surface area contributed by atoms with Crippen molar-refractivity contribution in [2.75, 3.05) is 51.3 Å². The molecule has 0 spiro atoms. The van der Waals surface area contributed by atoms with Crippen LogP contribution in [0.5, 0.6) is 0 Å². The summed E-state index contributed by atoms with van der Waals surface area (Å²) in [5, 5.41) is 6.78. The Morgan fingerprint density at radius 2 is 1.83 bits per heavy atom. The molecule has 0 unspecified atom stereocenters. The lowest BCUT2D eigenvalue weighted by Crippen LogP contribution is -2.60. The Hall–Kier alpha value is -3.14. The number of piperazine rings is 1. The van der Waals surface area contributed by atoms with Crippen LogP contribution in [0.25, 0.3) is 10.4 Å². The van der Waals surface area contributed by atoms with Crippen LogP contribution >= 0.6 is 0 Å². The molecule has 3 heterocycles. The second kappa shape index (κ2) is 9.49. The van der Waals surface area contributed by atoms with Crippen molar-refractivity contribution < 1.29 is 19.1 Å². The number of nitrogens with zero attached hydrogens (tertiary/aromatic N) is 6. The molecular formula is C24H31N7O4.